The van der Waals surface area contributed by atoms with Crippen LogP contribution in [0.4, 0.5) is 5.82 Å². The number of imidazole rings is 1. The minimum Gasteiger partial charge on any atom is -0.366 e. The zero-order chi connectivity index (χ0) is 17.8. The highest BCUT2D eigenvalue weighted by atomic mass is 15.1. The second-order valence-electron chi connectivity index (χ2n) is 6.59. The summed E-state index contributed by atoms with van der Waals surface area (Å²) in [5.41, 5.74) is 5.93. The van der Waals surface area contributed by atoms with Gasteiger partial charge in [0, 0.05) is 12.2 Å². The molecule has 0 spiro atoms. The van der Waals surface area contributed by atoms with E-state index in [0.29, 0.717) is 0 Å². The minimum atomic E-state index is 0.793. The average Bonchev–Trinajstić information content (AvgIpc) is 3.05. The maximum Gasteiger partial charge on any atom is 0.138 e. The molecule has 2 aromatic carbocycles. The number of benzene rings is 2. The van der Waals surface area contributed by atoms with E-state index in [9.17, 15) is 0 Å². The summed E-state index contributed by atoms with van der Waals surface area (Å²) in [6, 6.07) is 27.4. The van der Waals surface area contributed by atoms with Crippen LogP contribution in [0.3, 0.4) is 0 Å². The summed E-state index contributed by atoms with van der Waals surface area (Å²) in [6.45, 7) is 2.92. The maximum absolute atomic E-state index is 4.90. The minimum absolute atomic E-state index is 0.793. The molecule has 1 N–H and O–H groups in total. The van der Waals surface area contributed by atoms with Gasteiger partial charge in [-0.15, -0.1) is 0 Å². The normalized spacial score (nSPS) is 11.0. The van der Waals surface area contributed by atoms with Crippen LogP contribution in [0.2, 0.25) is 0 Å². The van der Waals surface area contributed by atoms with E-state index >= 15 is 0 Å². The van der Waals surface area contributed by atoms with Gasteiger partial charge in [-0.2, -0.15) is 0 Å². The first-order valence-corrected chi connectivity index (χ1v) is 9.10. The van der Waals surface area contributed by atoms with E-state index in [1.807, 2.05) is 6.07 Å². The Labute approximate surface area is 154 Å². The molecule has 26 heavy (non-hydrogen) atoms. The Bertz CT molecular complexity index is 988. The van der Waals surface area contributed by atoms with Crippen LogP contribution in [-0.2, 0) is 19.4 Å². The van der Waals surface area contributed by atoms with Crippen LogP contribution in [-0.4, -0.2) is 9.38 Å². The van der Waals surface area contributed by atoms with Gasteiger partial charge in [-0.3, -0.25) is 4.40 Å². The summed E-state index contributed by atoms with van der Waals surface area (Å²) in [6.07, 6.45) is 1.91. The molecule has 4 rings (SSSR count). The van der Waals surface area contributed by atoms with E-state index in [0.717, 1.165) is 36.5 Å². The summed E-state index contributed by atoms with van der Waals surface area (Å²) >= 11 is 0. The highest BCUT2D eigenvalue weighted by Crippen LogP contribution is 2.23. The van der Waals surface area contributed by atoms with Gasteiger partial charge < -0.3 is 5.32 Å². The summed E-state index contributed by atoms with van der Waals surface area (Å²) in [7, 11) is 0. The first-order valence-electron chi connectivity index (χ1n) is 9.10. The Morgan fingerprint density at radius 3 is 2.19 bits per heavy atom. The Hall–Kier alpha value is -3.07. The quantitative estimate of drug-likeness (QED) is 0.532. The molecule has 3 nitrogen and oxygen atoms in total. The fraction of sp³-hybridized carbons (Fsp3) is 0.174. The van der Waals surface area contributed by atoms with E-state index in [4.69, 9.17) is 4.98 Å². The standard InChI is InChI=1S/C23H23N3/c1-18-9-8-14-22-25-21(16-15-19-10-4-2-5-11-19)23(26(18)22)24-17-20-12-6-3-7-13-20/h2-14,24H,15-17H2,1H3. The van der Waals surface area contributed by atoms with Crippen molar-refractivity contribution in [2.45, 2.75) is 26.3 Å². The first-order chi connectivity index (χ1) is 12.8. The Morgan fingerprint density at radius 1 is 0.769 bits per heavy atom. The SMILES string of the molecule is Cc1cccc2nc(CCc3ccccc3)c(NCc3ccccc3)n12. The summed E-state index contributed by atoms with van der Waals surface area (Å²) in [4.78, 5) is 4.90. The van der Waals surface area contributed by atoms with Gasteiger partial charge in [-0.05, 0) is 43.0 Å². The van der Waals surface area contributed by atoms with Gasteiger partial charge in [-0.25, -0.2) is 4.98 Å². The van der Waals surface area contributed by atoms with Crippen molar-refractivity contribution in [2.75, 3.05) is 5.32 Å². The van der Waals surface area contributed by atoms with Crippen LogP contribution >= 0.6 is 0 Å². The number of aromatic nitrogens is 2. The van der Waals surface area contributed by atoms with Crippen molar-refractivity contribution in [2.24, 2.45) is 0 Å². The molecule has 3 heteroatoms. The van der Waals surface area contributed by atoms with Gasteiger partial charge in [0.2, 0.25) is 0 Å². The third-order valence-electron chi connectivity index (χ3n) is 4.71. The number of hydrogen-bond acceptors (Lipinski definition) is 2. The van der Waals surface area contributed by atoms with Gasteiger partial charge in [0.1, 0.15) is 11.5 Å². The summed E-state index contributed by atoms with van der Waals surface area (Å²) in [5.74, 6) is 1.11. The second-order valence-corrected chi connectivity index (χ2v) is 6.59. The molecule has 2 heterocycles. The predicted molar refractivity (Wildman–Crippen MR) is 108 cm³/mol. The molecule has 0 aliphatic carbocycles. The molecule has 0 atom stereocenters. The van der Waals surface area contributed by atoms with Crippen LogP contribution in [0, 0.1) is 6.92 Å². The van der Waals surface area contributed by atoms with Crippen LogP contribution in [0.25, 0.3) is 5.65 Å². The van der Waals surface area contributed by atoms with Crippen LogP contribution < -0.4 is 5.32 Å². The lowest BCUT2D eigenvalue weighted by molar-refractivity contribution is 0.921. The molecule has 2 aromatic heterocycles. The Balaban J connectivity index is 1.64. The smallest absolute Gasteiger partial charge is 0.138 e. The lowest BCUT2D eigenvalue weighted by Crippen LogP contribution is -2.06. The highest BCUT2D eigenvalue weighted by molar-refractivity contribution is 5.57. The number of nitrogens with one attached hydrogen (secondary N) is 1. The molecule has 0 bridgehead atoms. The zero-order valence-electron chi connectivity index (χ0n) is 15.0. The average molecular weight is 341 g/mol. The predicted octanol–water partition coefficient (Wildman–Crippen LogP) is 5.04. The number of nitrogens with zero attached hydrogens (tertiary/aromatic N) is 2. The number of aryl methyl sites for hydroxylation is 3. The molecule has 0 aliphatic rings. The van der Waals surface area contributed by atoms with E-state index in [2.05, 4.69) is 89.4 Å². The van der Waals surface area contributed by atoms with E-state index in [-0.39, 0.29) is 0 Å². The third kappa shape index (κ3) is 3.47. The summed E-state index contributed by atoms with van der Waals surface area (Å²) in [5, 5.41) is 3.63. The molecule has 130 valence electrons. The maximum atomic E-state index is 4.90. The van der Waals surface area contributed by atoms with Gasteiger partial charge in [0.25, 0.3) is 0 Å². The van der Waals surface area contributed by atoms with Gasteiger partial charge in [0.15, 0.2) is 0 Å². The Kier molecular flexibility index (Phi) is 4.69. The van der Waals surface area contributed by atoms with Crippen molar-refractivity contribution in [3.05, 3.63) is 101 Å². The number of hydrogen-bond donors (Lipinski definition) is 1. The molecule has 4 aromatic rings. The molecule has 0 saturated heterocycles. The van der Waals surface area contributed by atoms with Crippen molar-refractivity contribution < 1.29 is 0 Å². The lowest BCUT2D eigenvalue weighted by atomic mass is 10.1. The number of fused-ring (bicyclic) bond motifs is 1. The zero-order valence-corrected chi connectivity index (χ0v) is 15.0. The highest BCUT2D eigenvalue weighted by Gasteiger charge is 2.13. The molecular weight excluding hydrogens is 318 g/mol. The monoisotopic (exact) mass is 341 g/mol. The summed E-state index contributed by atoms with van der Waals surface area (Å²) < 4.78 is 2.23. The molecule has 0 radical (unpaired) electrons. The van der Waals surface area contributed by atoms with Gasteiger partial charge in [-0.1, -0.05) is 66.7 Å². The molecule has 0 aliphatic heterocycles. The fourth-order valence-corrected chi connectivity index (χ4v) is 3.35. The van der Waals surface area contributed by atoms with Crippen molar-refractivity contribution >= 4 is 11.5 Å². The largest absolute Gasteiger partial charge is 0.366 e. The lowest BCUT2D eigenvalue weighted by Gasteiger charge is -2.11. The van der Waals surface area contributed by atoms with Crippen molar-refractivity contribution in [1.82, 2.24) is 9.38 Å². The van der Waals surface area contributed by atoms with Gasteiger partial charge >= 0.3 is 0 Å². The number of pyridine rings is 1. The second kappa shape index (κ2) is 7.44. The fourth-order valence-electron chi connectivity index (χ4n) is 3.35. The van der Waals surface area contributed by atoms with Crippen LogP contribution in [0.15, 0.2) is 78.9 Å². The molecule has 0 amide bonds. The van der Waals surface area contributed by atoms with Gasteiger partial charge in [0.05, 0.1) is 5.69 Å². The molecule has 0 fully saturated rings. The number of rotatable bonds is 6. The van der Waals surface area contributed by atoms with E-state index in [1.165, 1.54) is 16.8 Å². The van der Waals surface area contributed by atoms with E-state index < -0.39 is 0 Å². The third-order valence-corrected chi connectivity index (χ3v) is 4.71. The van der Waals surface area contributed by atoms with Crippen LogP contribution in [0.1, 0.15) is 22.5 Å². The molecule has 0 unspecified atom stereocenters. The topological polar surface area (TPSA) is 29.3 Å². The number of anilines is 1. The van der Waals surface area contributed by atoms with E-state index in [1.54, 1.807) is 0 Å². The van der Waals surface area contributed by atoms with Crippen LogP contribution in [0.5, 0.6) is 0 Å². The first kappa shape index (κ1) is 16.4. The molecular formula is C23H23N3. The van der Waals surface area contributed by atoms with Crippen molar-refractivity contribution in [3.63, 3.8) is 0 Å². The molecule has 0 saturated carbocycles. The Morgan fingerprint density at radius 2 is 1.46 bits per heavy atom. The van der Waals surface area contributed by atoms with Crippen molar-refractivity contribution in [1.29, 1.82) is 0 Å². The van der Waals surface area contributed by atoms with Crippen molar-refractivity contribution in [3.8, 4) is 0 Å².